The third-order valence-corrected chi connectivity index (χ3v) is 2.63. The van der Waals surface area contributed by atoms with Gasteiger partial charge in [-0.2, -0.15) is 0 Å². The molecule has 0 spiro atoms. The first-order chi connectivity index (χ1) is 7.20. The number of nitrogens with one attached hydrogen (secondary N) is 1. The molecule has 0 saturated heterocycles. The highest BCUT2D eigenvalue weighted by Gasteiger charge is 2.01. The maximum absolute atomic E-state index is 5.04. The molecule has 0 heterocycles. The van der Waals surface area contributed by atoms with Crippen molar-refractivity contribution < 1.29 is 4.74 Å². The molecule has 0 aliphatic heterocycles. The summed E-state index contributed by atoms with van der Waals surface area (Å²) >= 11 is 0. The van der Waals surface area contributed by atoms with Crippen molar-refractivity contribution in [3.63, 3.8) is 0 Å². The van der Waals surface area contributed by atoms with Crippen LogP contribution in [0.5, 0.6) is 0 Å². The highest BCUT2D eigenvalue weighted by molar-refractivity contribution is 4.62. The van der Waals surface area contributed by atoms with Crippen molar-refractivity contribution in [2.45, 2.75) is 39.2 Å². The van der Waals surface area contributed by atoms with Gasteiger partial charge in [0.1, 0.15) is 0 Å². The van der Waals surface area contributed by atoms with Gasteiger partial charge in [0, 0.05) is 32.8 Å². The summed E-state index contributed by atoms with van der Waals surface area (Å²) in [6, 6.07) is 0.560. The third kappa shape index (κ3) is 10.2. The highest BCUT2D eigenvalue weighted by Crippen LogP contribution is 1.92. The molecule has 1 N–H and O–H groups in total. The van der Waals surface area contributed by atoms with Crippen molar-refractivity contribution in [1.82, 2.24) is 10.2 Å². The van der Waals surface area contributed by atoms with Gasteiger partial charge in [0.05, 0.1) is 0 Å². The Bertz CT molecular complexity index is 117. The van der Waals surface area contributed by atoms with Gasteiger partial charge in [-0.3, -0.25) is 0 Å². The maximum atomic E-state index is 5.04. The van der Waals surface area contributed by atoms with Crippen LogP contribution in [0, 0.1) is 0 Å². The molecule has 92 valence electrons. The minimum Gasteiger partial charge on any atom is -0.385 e. The minimum absolute atomic E-state index is 0.560. The van der Waals surface area contributed by atoms with E-state index in [4.69, 9.17) is 4.74 Å². The van der Waals surface area contributed by atoms with Crippen LogP contribution in [-0.2, 0) is 4.74 Å². The zero-order valence-electron chi connectivity index (χ0n) is 10.9. The maximum Gasteiger partial charge on any atom is 0.0476 e. The lowest BCUT2D eigenvalue weighted by atomic mass is 10.2. The lowest BCUT2D eigenvalue weighted by molar-refractivity contribution is 0.184. The first-order valence-corrected chi connectivity index (χ1v) is 6.11. The zero-order valence-corrected chi connectivity index (χ0v) is 10.9. The summed E-state index contributed by atoms with van der Waals surface area (Å²) in [5, 5.41) is 3.50. The molecule has 0 fully saturated rings. The summed E-state index contributed by atoms with van der Waals surface area (Å²) in [6.45, 7) is 8.72. The first kappa shape index (κ1) is 14.9. The van der Waals surface area contributed by atoms with E-state index in [0.29, 0.717) is 6.04 Å². The SMILES string of the molecule is CCCCN(C)CCNC(C)CCOC. The summed E-state index contributed by atoms with van der Waals surface area (Å²) in [5.41, 5.74) is 0. The number of likely N-dealkylation sites (N-methyl/N-ethyl adjacent to an activating group) is 1. The van der Waals surface area contributed by atoms with Gasteiger partial charge in [0.2, 0.25) is 0 Å². The standard InChI is InChI=1S/C12H28N2O/c1-5-6-9-14(3)10-8-13-12(2)7-11-15-4/h12-13H,5-11H2,1-4H3. The Morgan fingerprint density at radius 3 is 2.67 bits per heavy atom. The molecule has 0 aromatic rings. The highest BCUT2D eigenvalue weighted by atomic mass is 16.5. The zero-order chi connectivity index (χ0) is 11.5. The topological polar surface area (TPSA) is 24.5 Å². The van der Waals surface area contributed by atoms with Crippen LogP contribution in [0.3, 0.4) is 0 Å². The average Bonchev–Trinajstić information content (AvgIpc) is 2.23. The van der Waals surface area contributed by atoms with E-state index in [0.717, 1.165) is 26.1 Å². The number of ether oxygens (including phenoxy) is 1. The third-order valence-electron chi connectivity index (χ3n) is 2.63. The van der Waals surface area contributed by atoms with E-state index in [9.17, 15) is 0 Å². The van der Waals surface area contributed by atoms with Crippen LogP contribution in [-0.4, -0.2) is 51.3 Å². The van der Waals surface area contributed by atoms with E-state index in [-0.39, 0.29) is 0 Å². The average molecular weight is 216 g/mol. The fourth-order valence-electron chi connectivity index (χ4n) is 1.44. The smallest absolute Gasteiger partial charge is 0.0476 e. The van der Waals surface area contributed by atoms with Gasteiger partial charge in [-0.25, -0.2) is 0 Å². The molecule has 0 aromatic carbocycles. The van der Waals surface area contributed by atoms with E-state index in [1.54, 1.807) is 7.11 Å². The van der Waals surface area contributed by atoms with Crippen LogP contribution in [0.15, 0.2) is 0 Å². The Kier molecular flexibility index (Phi) is 10.3. The van der Waals surface area contributed by atoms with Crippen LogP contribution < -0.4 is 5.32 Å². The predicted octanol–water partition coefficient (Wildman–Crippen LogP) is 1.73. The molecule has 0 aromatic heterocycles. The lowest BCUT2D eigenvalue weighted by Gasteiger charge is -2.18. The largest absolute Gasteiger partial charge is 0.385 e. The molecule has 3 heteroatoms. The minimum atomic E-state index is 0.560. The Balaban J connectivity index is 3.27. The fourth-order valence-corrected chi connectivity index (χ4v) is 1.44. The van der Waals surface area contributed by atoms with Gasteiger partial charge in [0.15, 0.2) is 0 Å². The van der Waals surface area contributed by atoms with Crippen molar-refractivity contribution >= 4 is 0 Å². The van der Waals surface area contributed by atoms with Gasteiger partial charge in [-0.05, 0) is 33.4 Å². The Hall–Kier alpha value is -0.120. The van der Waals surface area contributed by atoms with Gasteiger partial charge in [-0.15, -0.1) is 0 Å². The van der Waals surface area contributed by atoms with Crippen molar-refractivity contribution in [3.05, 3.63) is 0 Å². The van der Waals surface area contributed by atoms with Gasteiger partial charge >= 0.3 is 0 Å². The first-order valence-electron chi connectivity index (χ1n) is 6.11. The van der Waals surface area contributed by atoms with E-state index in [2.05, 4.69) is 31.1 Å². The molecule has 15 heavy (non-hydrogen) atoms. The number of methoxy groups -OCH3 is 1. The second-order valence-corrected chi connectivity index (χ2v) is 4.29. The lowest BCUT2D eigenvalue weighted by Crippen LogP contribution is -2.35. The molecular formula is C12H28N2O. The summed E-state index contributed by atoms with van der Waals surface area (Å²) in [7, 11) is 3.95. The second-order valence-electron chi connectivity index (χ2n) is 4.29. The molecule has 1 unspecified atom stereocenters. The second kappa shape index (κ2) is 10.4. The van der Waals surface area contributed by atoms with Crippen molar-refractivity contribution in [2.75, 3.05) is 40.4 Å². The molecule has 3 nitrogen and oxygen atoms in total. The normalized spacial score (nSPS) is 13.4. The van der Waals surface area contributed by atoms with E-state index < -0.39 is 0 Å². The molecule has 0 aliphatic carbocycles. The number of rotatable bonds is 10. The Morgan fingerprint density at radius 2 is 2.07 bits per heavy atom. The molecule has 0 aliphatic rings. The van der Waals surface area contributed by atoms with Crippen molar-refractivity contribution in [3.8, 4) is 0 Å². The van der Waals surface area contributed by atoms with Gasteiger partial charge in [-0.1, -0.05) is 13.3 Å². The van der Waals surface area contributed by atoms with Crippen molar-refractivity contribution in [2.24, 2.45) is 0 Å². The van der Waals surface area contributed by atoms with E-state index in [1.807, 2.05) is 0 Å². The Labute approximate surface area is 95.2 Å². The molecule has 0 amide bonds. The molecule has 0 saturated carbocycles. The van der Waals surface area contributed by atoms with E-state index in [1.165, 1.54) is 19.4 Å². The van der Waals surface area contributed by atoms with Crippen LogP contribution >= 0.6 is 0 Å². The van der Waals surface area contributed by atoms with Gasteiger partial charge < -0.3 is 15.0 Å². The summed E-state index contributed by atoms with van der Waals surface area (Å²) < 4.78 is 5.04. The number of hydrogen-bond donors (Lipinski definition) is 1. The number of hydrogen-bond acceptors (Lipinski definition) is 3. The quantitative estimate of drug-likeness (QED) is 0.602. The van der Waals surface area contributed by atoms with Crippen LogP contribution in [0.2, 0.25) is 0 Å². The monoisotopic (exact) mass is 216 g/mol. The molecule has 0 rings (SSSR count). The van der Waals surface area contributed by atoms with Crippen LogP contribution in [0.1, 0.15) is 33.1 Å². The van der Waals surface area contributed by atoms with Crippen LogP contribution in [0.4, 0.5) is 0 Å². The fraction of sp³-hybridized carbons (Fsp3) is 1.00. The molecular weight excluding hydrogens is 188 g/mol. The summed E-state index contributed by atoms with van der Waals surface area (Å²) in [5.74, 6) is 0. The molecule has 0 radical (unpaired) electrons. The Morgan fingerprint density at radius 1 is 1.33 bits per heavy atom. The molecule has 0 bridgehead atoms. The van der Waals surface area contributed by atoms with Gasteiger partial charge in [0.25, 0.3) is 0 Å². The van der Waals surface area contributed by atoms with E-state index >= 15 is 0 Å². The predicted molar refractivity (Wildman–Crippen MR) is 66.4 cm³/mol. The number of nitrogens with zero attached hydrogens (tertiary/aromatic N) is 1. The van der Waals surface area contributed by atoms with Crippen LogP contribution in [0.25, 0.3) is 0 Å². The summed E-state index contributed by atoms with van der Waals surface area (Å²) in [6.07, 6.45) is 3.67. The summed E-state index contributed by atoms with van der Waals surface area (Å²) in [4.78, 5) is 2.39. The van der Waals surface area contributed by atoms with Crippen molar-refractivity contribution in [1.29, 1.82) is 0 Å². The molecule has 1 atom stereocenters. The number of unbranched alkanes of at least 4 members (excludes halogenated alkanes) is 1.